The van der Waals surface area contributed by atoms with Crippen LogP contribution >= 0.6 is 0 Å². The molecule has 164 valence electrons. The van der Waals surface area contributed by atoms with E-state index in [2.05, 4.69) is 4.98 Å². The molecule has 6 nitrogen and oxygen atoms in total. The van der Waals surface area contributed by atoms with E-state index in [9.17, 15) is 13.2 Å². The van der Waals surface area contributed by atoms with Gasteiger partial charge in [0.2, 0.25) is 10.0 Å². The van der Waals surface area contributed by atoms with Crippen LogP contribution in [0.15, 0.2) is 59.5 Å². The fourth-order valence-electron chi connectivity index (χ4n) is 3.61. The summed E-state index contributed by atoms with van der Waals surface area (Å²) in [4.78, 5) is 15.6. The molecular formula is C24H28N2O4S. The number of carbonyl (C=O) groups excluding carboxylic acids is 1. The Kier molecular flexibility index (Phi) is 6.97. The van der Waals surface area contributed by atoms with Gasteiger partial charge in [0.25, 0.3) is 0 Å². The van der Waals surface area contributed by atoms with Gasteiger partial charge in [0, 0.05) is 18.8 Å². The summed E-state index contributed by atoms with van der Waals surface area (Å²) < 4.78 is 33.9. The first-order valence-corrected chi connectivity index (χ1v) is 11.6. The molecule has 0 unspecified atom stereocenters. The zero-order chi connectivity index (χ0) is 22.6. The van der Waals surface area contributed by atoms with E-state index >= 15 is 0 Å². The summed E-state index contributed by atoms with van der Waals surface area (Å²) in [7, 11) is -3.78. The molecule has 0 aliphatic carbocycles. The smallest absolute Gasteiger partial charge is 0.355 e. The van der Waals surface area contributed by atoms with Gasteiger partial charge in [-0.3, -0.25) is 0 Å². The van der Waals surface area contributed by atoms with Crippen molar-refractivity contribution in [2.45, 2.75) is 45.7 Å². The van der Waals surface area contributed by atoms with Gasteiger partial charge in [-0.1, -0.05) is 48.5 Å². The van der Waals surface area contributed by atoms with E-state index in [1.165, 1.54) is 4.31 Å². The molecule has 0 saturated carbocycles. The SMILES string of the molecule is CCOC(=O)c1[nH]c(C)c(CN(Cc2ccccc2)S(=O)(=O)c2ccccc2C)c1C. The second kappa shape index (κ2) is 9.49. The van der Waals surface area contributed by atoms with Gasteiger partial charge in [-0.15, -0.1) is 0 Å². The van der Waals surface area contributed by atoms with Crippen LogP contribution in [0.1, 0.15) is 45.4 Å². The van der Waals surface area contributed by atoms with Crippen molar-refractivity contribution < 1.29 is 17.9 Å². The lowest BCUT2D eigenvalue weighted by Crippen LogP contribution is -2.31. The standard InChI is InChI=1S/C24H28N2O4S/c1-5-30-24(27)23-18(3)21(19(4)25-23)16-26(15-20-12-7-6-8-13-20)31(28,29)22-14-10-9-11-17(22)2/h6-14,25H,5,15-16H2,1-4H3. The second-order valence-electron chi connectivity index (χ2n) is 7.47. The number of sulfonamides is 1. The average molecular weight is 441 g/mol. The number of aromatic nitrogens is 1. The summed E-state index contributed by atoms with van der Waals surface area (Å²) in [6, 6.07) is 16.5. The monoisotopic (exact) mass is 440 g/mol. The van der Waals surface area contributed by atoms with Crippen molar-refractivity contribution >= 4 is 16.0 Å². The zero-order valence-electron chi connectivity index (χ0n) is 18.3. The first-order chi connectivity index (χ1) is 14.8. The average Bonchev–Trinajstić information content (AvgIpc) is 3.02. The van der Waals surface area contributed by atoms with Crippen molar-refractivity contribution in [1.29, 1.82) is 0 Å². The molecule has 0 fully saturated rings. The van der Waals surface area contributed by atoms with Crippen LogP contribution in [0.4, 0.5) is 0 Å². The Labute approximate surface area is 183 Å². The molecule has 1 heterocycles. The lowest BCUT2D eigenvalue weighted by Gasteiger charge is -2.24. The number of aryl methyl sites for hydroxylation is 2. The normalized spacial score (nSPS) is 11.6. The third-order valence-corrected chi connectivity index (χ3v) is 7.27. The van der Waals surface area contributed by atoms with Gasteiger partial charge in [0.05, 0.1) is 11.5 Å². The third kappa shape index (κ3) is 4.89. The molecule has 7 heteroatoms. The van der Waals surface area contributed by atoms with Crippen LogP contribution < -0.4 is 0 Å². The number of carbonyl (C=O) groups is 1. The lowest BCUT2D eigenvalue weighted by molar-refractivity contribution is 0.0519. The number of rotatable bonds is 8. The summed E-state index contributed by atoms with van der Waals surface area (Å²) in [6.45, 7) is 7.82. The molecule has 0 radical (unpaired) electrons. The topological polar surface area (TPSA) is 79.5 Å². The molecule has 1 aromatic heterocycles. The Morgan fingerprint density at radius 1 is 0.968 bits per heavy atom. The summed E-state index contributed by atoms with van der Waals surface area (Å²) in [5.74, 6) is -0.439. The van der Waals surface area contributed by atoms with Crippen molar-refractivity contribution in [2.24, 2.45) is 0 Å². The van der Waals surface area contributed by atoms with Gasteiger partial charge >= 0.3 is 5.97 Å². The number of benzene rings is 2. The highest BCUT2D eigenvalue weighted by Crippen LogP contribution is 2.27. The van der Waals surface area contributed by atoms with E-state index in [0.717, 1.165) is 16.8 Å². The number of H-pyrrole nitrogens is 1. The van der Waals surface area contributed by atoms with Gasteiger partial charge in [-0.2, -0.15) is 4.31 Å². The number of nitrogens with one attached hydrogen (secondary N) is 1. The fraction of sp³-hybridized carbons (Fsp3) is 0.292. The second-order valence-corrected chi connectivity index (χ2v) is 9.38. The molecule has 0 atom stereocenters. The van der Waals surface area contributed by atoms with E-state index in [-0.39, 0.29) is 24.6 Å². The molecule has 0 amide bonds. The van der Waals surface area contributed by atoms with E-state index in [0.29, 0.717) is 16.8 Å². The van der Waals surface area contributed by atoms with Crippen LogP contribution in [-0.4, -0.2) is 30.3 Å². The number of aromatic amines is 1. The molecule has 2 aromatic carbocycles. The largest absolute Gasteiger partial charge is 0.461 e. The van der Waals surface area contributed by atoms with Crippen LogP contribution in [-0.2, 0) is 27.8 Å². The molecule has 1 N–H and O–H groups in total. The van der Waals surface area contributed by atoms with Gasteiger partial charge < -0.3 is 9.72 Å². The van der Waals surface area contributed by atoms with Gasteiger partial charge in [-0.05, 0) is 56.0 Å². The predicted octanol–water partition coefficient (Wildman–Crippen LogP) is 4.51. The number of ether oxygens (including phenoxy) is 1. The molecule has 0 spiro atoms. The molecule has 3 aromatic rings. The van der Waals surface area contributed by atoms with Gasteiger partial charge in [0.1, 0.15) is 5.69 Å². The number of esters is 1. The Balaban J connectivity index is 2.04. The minimum atomic E-state index is -3.78. The van der Waals surface area contributed by atoms with Gasteiger partial charge in [-0.25, -0.2) is 13.2 Å². The summed E-state index contributed by atoms with van der Waals surface area (Å²) >= 11 is 0. The van der Waals surface area contributed by atoms with E-state index in [1.807, 2.05) is 50.2 Å². The highest BCUT2D eigenvalue weighted by atomic mass is 32.2. The minimum absolute atomic E-state index is 0.138. The highest BCUT2D eigenvalue weighted by Gasteiger charge is 2.29. The molecule has 0 bridgehead atoms. The molecule has 0 aliphatic heterocycles. The van der Waals surface area contributed by atoms with Gasteiger partial charge in [0.15, 0.2) is 0 Å². The maximum absolute atomic E-state index is 13.7. The maximum atomic E-state index is 13.7. The Morgan fingerprint density at radius 2 is 1.61 bits per heavy atom. The van der Waals surface area contributed by atoms with Crippen molar-refractivity contribution in [1.82, 2.24) is 9.29 Å². The Hall–Kier alpha value is -2.90. The first kappa shape index (κ1) is 22.8. The van der Waals surface area contributed by atoms with Crippen molar-refractivity contribution in [3.8, 4) is 0 Å². The summed E-state index contributed by atoms with van der Waals surface area (Å²) in [5.41, 5.74) is 4.16. The minimum Gasteiger partial charge on any atom is -0.461 e. The molecule has 3 rings (SSSR count). The van der Waals surface area contributed by atoms with Crippen LogP contribution in [0, 0.1) is 20.8 Å². The third-order valence-electron chi connectivity index (χ3n) is 5.32. The zero-order valence-corrected chi connectivity index (χ0v) is 19.1. The van der Waals surface area contributed by atoms with Crippen molar-refractivity contribution in [3.63, 3.8) is 0 Å². The number of hydrogen-bond acceptors (Lipinski definition) is 4. The molecule has 31 heavy (non-hydrogen) atoms. The summed E-state index contributed by atoms with van der Waals surface area (Å²) in [6.07, 6.45) is 0. The number of hydrogen-bond donors (Lipinski definition) is 1. The molecular weight excluding hydrogens is 412 g/mol. The molecule has 0 aliphatic rings. The number of nitrogens with zero attached hydrogens (tertiary/aromatic N) is 1. The maximum Gasteiger partial charge on any atom is 0.355 e. The van der Waals surface area contributed by atoms with Crippen molar-refractivity contribution in [3.05, 3.63) is 88.2 Å². The molecule has 0 saturated heterocycles. The predicted molar refractivity (Wildman–Crippen MR) is 120 cm³/mol. The quantitative estimate of drug-likeness (QED) is 0.523. The van der Waals surface area contributed by atoms with Crippen LogP contribution in [0.5, 0.6) is 0 Å². The van der Waals surface area contributed by atoms with E-state index in [4.69, 9.17) is 4.74 Å². The van der Waals surface area contributed by atoms with Crippen LogP contribution in [0.3, 0.4) is 0 Å². The van der Waals surface area contributed by atoms with E-state index in [1.54, 1.807) is 32.0 Å². The first-order valence-electron chi connectivity index (χ1n) is 10.2. The van der Waals surface area contributed by atoms with Crippen LogP contribution in [0.25, 0.3) is 0 Å². The highest BCUT2D eigenvalue weighted by molar-refractivity contribution is 7.89. The Bertz CT molecular complexity index is 1170. The fourth-order valence-corrected chi connectivity index (χ4v) is 5.23. The Morgan fingerprint density at radius 3 is 2.26 bits per heavy atom. The van der Waals surface area contributed by atoms with E-state index < -0.39 is 16.0 Å². The van der Waals surface area contributed by atoms with Crippen LogP contribution in [0.2, 0.25) is 0 Å². The van der Waals surface area contributed by atoms with Crippen molar-refractivity contribution in [2.75, 3.05) is 6.61 Å². The summed E-state index contributed by atoms with van der Waals surface area (Å²) in [5, 5.41) is 0. The lowest BCUT2D eigenvalue weighted by atomic mass is 10.1.